The van der Waals surface area contributed by atoms with Gasteiger partial charge < -0.3 is 19.5 Å². The highest BCUT2D eigenvalue weighted by Crippen LogP contribution is 2.33. The second-order valence-electron chi connectivity index (χ2n) is 15.9. The van der Waals surface area contributed by atoms with Crippen LogP contribution >= 0.6 is 0 Å². The third-order valence-corrected chi connectivity index (χ3v) is 10.7. The van der Waals surface area contributed by atoms with Gasteiger partial charge in [-0.15, -0.1) is 0 Å². The van der Waals surface area contributed by atoms with Crippen molar-refractivity contribution in [1.29, 1.82) is 0 Å². The van der Waals surface area contributed by atoms with Gasteiger partial charge in [-0.05, 0) is 73.5 Å². The number of anilines is 1. The number of hydrogen-bond donors (Lipinski definition) is 2. The summed E-state index contributed by atoms with van der Waals surface area (Å²) < 4.78 is 15.1. The van der Waals surface area contributed by atoms with Gasteiger partial charge in [0, 0.05) is 62.1 Å². The molecule has 0 saturated carbocycles. The molecule has 2 saturated heterocycles. The molecule has 6 heterocycles. The molecule has 16 heteroatoms. The number of carbonyl (C=O) groups excluding carboxylic acids is 3. The Kier molecular flexibility index (Phi) is 10.2. The predicted octanol–water partition coefficient (Wildman–Crippen LogP) is 5.30. The Morgan fingerprint density at radius 2 is 1.95 bits per heavy atom. The van der Waals surface area contributed by atoms with Gasteiger partial charge in [-0.1, -0.05) is 44.1 Å². The molecule has 0 unspecified atom stereocenters. The molecule has 8 rings (SSSR count). The molecule has 2 N–H and O–H groups in total. The van der Waals surface area contributed by atoms with Crippen LogP contribution in [0.15, 0.2) is 59.5 Å². The zero-order valence-corrected chi connectivity index (χ0v) is 32.9. The highest BCUT2D eigenvalue weighted by molar-refractivity contribution is 6.08. The lowest BCUT2D eigenvalue weighted by molar-refractivity contribution is -0.120. The number of nitrogens with zero attached hydrogens (tertiary/aromatic N) is 9. The Labute approximate surface area is 329 Å². The van der Waals surface area contributed by atoms with Crippen LogP contribution in [-0.4, -0.2) is 90.1 Å². The topological polar surface area (TPSA) is 178 Å². The molecule has 2 aromatic carbocycles. The van der Waals surface area contributed by atoms with Gasteiger partial charge in [0.2, 0.25) is 11.8 Å². The molecule has 0 bridgehead atoms. The van der Waals surface area contributed by atoms with E-state index in [4.69, 9.17) is 9.26 Å². The summed E-state index contributed by atoms with van der Waals surface area (Å²) in [6.07, 6.45) is 6.79. The third-order valence-electron chi connectivity index (χ3n) is 10.7. The van der Waals surface area contributed by atoms with Gasteiger partial charge in [0.05, 0.1) is 29.5 Å². The second-order valence-corrected chi connectivity index (χ2v) is 15.9. The number of ether oxygens (including phenoxy) is 1. The number of imide groups is 1. The van der Waals surface area contributed by atoms with E-state index in [1.54, 1.807) is 15.7 Å². The lowest BCUT2D eigenvalue weighted by atomic mass is 9.90. The van der Waals surface area contributed by atoms with Gasteiger partial charge in [0.25, 0.3) is 11.7 Å². The zero-order valence-electron chi connectivity index (χ0n) is 32.9. The number of rotatable bonds is 11. The highest BCUT2D eigenvalue weighted by atomic mass is 16.5. The van der Waals surface area contributed by atoms with E-state index in [1.165, 1.54) is 5.56 Å². The SMILES string of the molecule is Cc1cc(-c2ncnn3cc(OCCCN4CCC[C@@H](c5ccc6c(N7CCC(=O)NC7=O)nn(C)c6c5)C4)cc23)ccc1CNC(=O)c1noc(C(C)(C)C)n1. The normalized spacial score (nSPS) is 16.7. The first-order valence-corrected chi connectivity index (χ1v) is 19.4. The van der Waals surface area contributed by atoms with Crippen LogP contribution < -0.4 is 20.3 Å². The summed E-state index contributed by atoms with van der Waals surface area (Å²) in [5, 5.41) is 19.1. The molecule has 0 aliphatic carbocycles. The number of benzene rings is 2. The molecule has 16 nitrogen and oxygen atoms in total. The molecular weight excluding hydrogens is 727 g/mol. The fourth-order valence-corrected chi connectivity index (χ4v) is 7.61. The van der Waals surface area contributed by atoms with Crippen molar-refractivity contribution in [2.24, 2.45) is 7.05 Å². The van der Waals surface area contributed by atoms with Crippen LogP contribution in [0.1, 0.15) is 85.6 Å². The van der Waals surface area contributed by atoms with E-state index in [0.29, 0.717) is 37.3 Å². The maximum atomic E-state index is 12.7. The summed E-state index contributed by atoms with van der Waals surface area (Å²) in [6.45, 7) is 12.0. The Balaban J connectivity index is 0.853. The number of piperidine rings is 1. The number of fused-ring (bicyclic) bond motifs is 2. The molecule has 4 aromatic heterocycles. The van der Waals surface area contributed by atoms with E-state index in [-0.39, 0.29) is 23.6 Å². The van der Waals surface area contributed by atoms with E-state index < -0.39 is 11.9 Å². The zero-order chi connectivity index (χ0) is 39.8. The summed E-state index contributed by atoms with van der Waals surface area (Å²) in [5.74, 6) is 1.48. The number of aryl methyl sites for hydroxylation is 2. The highest BCUT2D eigenvalue weighted by Gasteiger charge is 2.29. The fraction of sp³-hybridized carbons (Fsp3) is 0.415. The maximum absolute atomic E-state index is 12.7. The number of likely N-dealkylation sites (tertiary alicyclic amines) is 1. The van der Waals surface area contributed by atoms with Crippen molar-refractivity contribution in [2.75, 3.05) is 37.7 Å². The van der Waals surface area contributed by atoms with Crippen molar-refractivity contribution in [1.82, 2.24) is 50.1 Å². The molecule has 296 valence electrons. The van der Waals surface area contributed by atoms with E-state index in [0.717, 1.165) is 83.5 Å². The minimum absolute atomic E-state index is 0.0172. The van der Waals surface area contributed by atoms with Crippen molar-refractivity contribution in [3.63, 3.8) is 0 Å². The van der Waals surface area contributed by atoms with Gasteiger partial charge in [-0.2, -0.15) is 15.2 Å². The molecule has 57 heavy (non-hydrogen) atoms. The summed E-state index contributed by atoms with van der Waals surface area (Å²) in [6, 6.07) is 14.0. The van der Waals surface area contributed by atoms with E-state index in [9.17, 15) is 14.4 Å². The van der Waals surface area contributed by atoms with Crippen LogP contribution in [0.25, 0.3) is 27.7 Å². The fourth-order valence-electron chi connectivity index (χ4n) is 7.61. The van der Waals surface area contributed by atoms with Gasteiger partial charge in [-0.3, -0.25) is 24.5 Å². The first-order chi connectivity index (χ1) is 27.4. The van der Waals surface area contributed by atoms with Crippen molar-refractivity contribution in [2.45, 2.75) is 71.3 Å². The average Bonchev–Trinajstić information content (AvgIpc) is 3.94. The lowest BCUT2D eigenvalue weighted by Crippen LogP contribution is -2.49. The number of carbonyl (C=O) groups is 3. The first kappa shape index (κ1) is 37.7. The van der Waals surface area contributed by atoms with Crippen molar-refractivity contribution < 1.29 is 23.6 Å². The van der Waals surface area contributed by atoms with Crippen LogP contribution in [0.4, 0.5) is 10.6 Å². The summed E-state index contributed by atoms with van der Waals surface area (Å²) >= 11 is 0. The first-order valence-electron chi connectivity index (χ1n) is 19.4. The molecule has 4 amide bonds. The van der Waals surface area contributed by atoms with Crippen LogP contribution in [-0.2, 0) is 23.8 Å². The van der Waals surface area contributed by atoms with Gasteiger partial charge in [0.15, 0.2) is 5.82 Å². The van der Waals surface area contributed by atoms with Crippen molar-refractivity contribution in [3.8, 4) is 17.0 Å². The van der Waals surface area contributed by atoms with Crippen LogP contribution in [0.3, 0.4) is 0 Å². The largest absolute Gasteiger partial charge is 0.492 e. The minimum Gasteiger partial charge on any atom is -0.492 e. The maximum Gasteiger partial charge on any atom is 0.329 e. The predicted molar refractivity (Wildman–Crippen MR) is 212 cm³/mol. The molecule has 2 aliphatic heterocycles. The second kappa shape index (κ2) is 15.4. The number of amides is 4. The Bertz CT molecular complexity index is 2480. The van der Waals surface area contributed by atoms with Crippen molar-refractivity contribution >= 4 is 40.1 Å². The summed E-state index contributed by atoms with van der Waals surface area (Å²) in [5.41, 5.74) is 6.42. The summed E-state index contributed by atoms with van der Waals surface area (Å²) in [7, 11) is 1.89. The monoisotopic (exact) mass is 773 g/mol. The van der Waals surface area contributed by atoms with Crippen molar-refractivity contribution in [3.05, 3.63) is 83.4 Å². The van der Waals surface area contributed by atoms with E-state index in [1.807, 2.05) is 63.8 Å². The van der Waals surface area contributed by atoms with E-state index in [2.05, 4.69) is 65.1 Å². The van der Waals surface area contributed by atoms with Gasteiger partial charge in [-0.25, -0.2) is 14.3 Å². The van der Waals surface area contributed by atoms with Gasteiger partial charge >= 0.3 is 6.03 Å². The van der Waals surface area contributed by atoms with Crippen LogP contribution in [0.2, 0.25) is 0 Å². The van der Waals surface area contributed by atoms with E-state index >= 15 is 0 Å². The number of hydrogen-bond acceptors (Lipinski definition) is 11. The molecule has 2 aliphatic rings. The number of aromatic nitrogens is 7. The van der Waals surface area contributed by atoms with Crippen LogP contribution in [0, 0.1) is 6.92 Å². The Hall–Kier alpha value is -6.16. The lowest BCUT2D eigenvalue weighted by Gasteiger charge is -2.33. The molecule has 6 aromatic rings. The van der Waals surface area contributed by atoms with Gasteiger partial charge in [0.1, 0.15) is 12.1 Å². The smallest absolute Gasteiger partial charge is 0.329 e. The molecular formula is C41H47N11O5. The van der Waals surface area contributed by atoms with Crippen LogP contribution in [0.5, 0.6) is 5.75 Å². The standard InChI is InChI=1S/C41H47N11O5/c1-25-18-27(9-10-28(25)21-42-38(54)36-46-39(57-48-36)41(2,3)4)35-33-20-30(23-52(33)44-24-43-35)56-17-7-15-50-14-6-8-29(22-50)26-11-12-31-32(19-26)49(5)47-37(31)51-16-13-34(53)45-40(51)55/h9-12,18-20,23-24,29H,6-8,13-17,21-22H2,1-5H3,(H,42,54)(H,45,53,55)/t29-/m1/s1. The number of urea groups is 1. The summed E-state index contributed by atoms with van der Waals surface area (Å²) in [4.78, 5) is 49.8. The molecule has 0 radical (unpaired) electrons. The number of nitrogens with one attached hydrogen (secondary N) is 2. The quantitative estimate of drug-likeness (QED) is 0.163. The minimum atomic E-state index is -0.429. The Morgan fingerprint density at radius 1 is 1.09 bits per heavy atom. The molecule has 1 atom stereocenters. The molecule has 2 fully saturated rings. The third kappa shape index (κ3) is 7.94. The molecule has 0 spiro atoms. The Morgan fingerprint density at radius 3 is 2.74 bits per heavy atom. The average molecular weight is 774 g/mol.